The second-order valence-electron chi connectivity index (χ2n) is 24.9. The van der Waals surface area contributed by atoms with Crippen molar-refractivity contribution >= 4 is 36.7 Å². The van der Waals surface area contributed by atoms with Crippen LogP contribution in [0.2, 0.25) is 0 Å². The fourth-order valence-electron chi connectivity index (χ4n) is 12.8. The Balaban J connectivity index is 1.09. The maximum atomic E-state index is 16.9. The van der Waals surface area contributed by atoms with Crippen molar-refractivity contribution in [1.29, 1.82) is 0 Å². The number of terminal acetylenes is 1. The second kappa shape index (κ2) is 35.1. The summed E-state index contributed by atoms with van der Waals surface area (Å²) in [5.74, 6) is 2.65. The topological polar surface area (TPSA) is 193 Å². The van der Waals surface area contributed by atoms with Gasteiger partial charge in [0.05, 0.1) is 33.8 Å². The molecular weight excluding hydrogens is 1270 g/mol. The maximum absolute atomic E-state index is 16.9. The molecule has 1 aliphatic heterocycles. The fourth-order valence-corrected chi connectivity index (χ4v) is 14.5. The summed E-state index contributed by atoms with van der Waals surface area (Å²) in [6.45, 7) is 5.16. The molecule has 2 N–H and O–H groups in total. The highest BCUT2D eigenvalue weighted by Gasteiger charge is 2.56. The number of halogens is 1. The Morgan fingerprint density at radius 1 is 0.646 bits per heavy atom. The van der Waals surface area contributed by atoms with E-state index in [1.807, 2.05) is 200 Å². The summed E-state index contributed by atoms with van der Waals surface area (Å²) in [6.07, 6.45) is 14.7. The van der Waals surface area contributed by atoms with Gasteiger partial charge in [-0.1, -0.05) is 260 Å². The van der Waals surface area contributed by atoms with Gasteiger partial charge < -0.3 is 33.7 Å². The molecule has 0 radical (unpaired) electrons. The van der Waals surface area contributed by atoms with Gasteiger partial charge in [0.25, 0.3) is 0 Å². The molecule has 518 valence electrons. The Bertz CT molecular complexity index is 4000. The van der Waals surface area contributed by atoms with Gasteiger partial charge in [-0.3, -0.25) is 18.4 Å². The van der Waals surface area contributed by atoms with Gasteiger partial charge in [-0.25, -0.2) is 19.4 Å². The number of ether oxygens (including phenoxy) is 6. The van der Waals surface area contributed by atoms with Crippen molar-refractivity contribution in [3.05, 3.63) is 252 Å². The van der Waals surface area contributed by atoms with Crippen LogP contribution in [0.15, 0.2) is 207 Å². The molecule has 6 atom stereocenters. The number of methoxy groups -OCH3 is 2. The number of anilines is 1. The van der Waals surface area contributed by atoms with E-state index in [2.05, 4.69) is 40.1 Å². The number of esters is 2. The Morgan fingerprint density at radius 3 is 1.63 bits per heavy atom. The van der Waals surface area contributed by atoms with E-state index in [9.17, 15) is 9.59 Å². The van der Waals surface area contributed by atoms with Crippen molar-refractivity contribution in [2.24, 2.45) is 0 Å². The van der Waals surface area contributed by atoms with E-state index in [0.29, 0.717) is 46.6 Å². The lowest BCUT2D eigenvalue weighted by Gasteiger charge is -2.41. The van der Waals surface area contributed by atoms with Gasteiger partial charge in [-0.2, -0.15) is 14.4 Å². The summed E-state index contributed by atoms with van der Waals surface area (Å²) in [5, 5.41) is 6.64. The monoisotopic (exact) mass is 1360 g/mol. The average Bonchev–Trinajstić information content (AvgIpc) is 1.72. The van der Waals surface area contributed by atoms with Crippen molar-refractivity contribution in [3.63, 3.8) is 0 Å². The number of rotatable bonds is 38. The van der Waals surface area contributed by atoms with Crippen LogP contribution in [-0.4, -0.2) is 89.3 Å². The molecule has 99 heavy (non-hydrogen) atoms. The smallest absolute Gasteiger partial charge is 0.407 e. The van der Waals surface area contributed by atoms with Crippen LogP contribution in [0.1, 0.15) is 149 Å². The SMILES string of the molecule is C#C[C@]1(COP(=O)(N[C@@H](Cc2ccccc2)C(=O)OCCCCCCCC)O[C@@H](C)C(=O)OCCCCCCCC)O[C@@H](n2cnc3c(NC(c4ccccc4)(c4ccccc4)c4ccc(OC)cc4)nc(F)nc32)C[C@@H]1OC(c1ccccc1)(c1ccccc1)c1ccc(OC)cc1. The lowest BCUT2D eigenvalue weighted by molar-refractivity contribution is -0.152. The average molecular weight is 1360 g/mol. The van der Waals surface area contributed by atoms with Crippen LogP contribution in [0.5, 0.6) is 11.5 Å². The lowest BCUT2D eigenvalue weighted by Crippen LogP contribution is -2.49. The zero-order valence-corrected chi connectivity index (χ0v) is 58.0. The summed E-state index contributed by atoms with van der Waals surface area (Å²) < 4.78 is 85.9. The van der Waals surface area contributed by atoms with Gasteiger partial charge in [0.15, 0.2) is 28.7 Å². The highest BCUT2D eigenvalue weighted by atomic mass is 31.2. The molecule has 9 aromatic rings. The largest absolute Gasteiger partial charge is 0.497 e. The molecule has 0 spiro atoms. The zero-order valence-electron chi connectivity index (χ0n) is 57.1. The molecule has 17 nitrogen and oxygen atoms in total. The molecule has 0 saturated carbocycles. The van der Waals surface area contributed by atoms with Gasteiger partial charge >= 0.3 is 25.8 Å². The van der Waals surface area contributed by atoms with E-state index in [0.717, 1.165) is 80.9 Å². The van der Waals surface area contributed by atoms with E-state index in [-0.39, 0.29) is 43.0 Å². The molecule has 10 rings (SSSR count). The quantitative estimate of drug-likeness (QED) is 0.00926. The molecular formula is C80H90FN6O11P. The molecule has 0 bridgehead atoms. The number of aromatic nitrogens is 4. The van der Waals surface area contributed by atoms with Crippen molar-refractivity contribution in [1.82, 2.24) is 24.6 Å². The first-order chi connectivity index (χ1) is 48.3. The van der Waals surface area contributed by atoms with Crippen molar-refractivity contribution < 1.29 is 56.0 Å². The maximum Gasteiger partial charge on any atom is 0.407 e. The number of nitrogens with zero attached hydrogens (tertiary/aromatic N) is 4. The Morgan fingerprint density at radius 2 is 1.11 bits per heavy atom. The normalized spacial score (nSPS) is 16.7. The van der Waals surface area contributed by atoms with E-state index in [1.165, 1.54) is 13.3 Å². The number of carbonyl (C=O) groups is 2. The van der Waals surface area contributed by atoms with Crippen LogP contribution in [0, 0.1) is 18.4 Å². The third kappa shape index (κ3) is 17.7. The highest BCUT2D eigenvalue weighted by molar-refractivity contribution is 7.51. The number of benzene rings is 7. The predicted molar refractivity (Wildman–Crippen MR) is 381 cm³/mol. The molecule has 2 aromatic heterocycles. The van der Waals surface area contributed by atoms with Gasteiger partial charge in [-0.15, -0.1) is 6.42 Å². The van der Waals surface area contributed by atoms with E-state index >= 15 is 8.96 Å². The number of imidazole rings is 1. The van der Waals surface area contributed by atoms with Crippen LogP contribution in [-0.2, 0) is 59.7 Å². The number of unbranched alkanes of at least 4 members (excludes halogenated alkanes) is 10. The molecule has 1 saturated heterocycles. The van der Waals surface area contributed by atoms with E-state index < -0.39 is 73.6 Å². The predicted octanol–water partition coefficient (Wildman–Crippen LogP) is 16.6. The third-order valence-corrected chi connectivity index (χ3v) is 19.8. The minimum absolute atomic E-state index is 0.0201. The summed E-state index contributed by atoms with van der Waals surface area (Å²) >= 11 is 0. The molecule has 0 amide bonds. The standard InChI is InChI=1S/C80H90FN6O11P/c1-7-10-12-14-16-33-53-93-75(88)59(4)98-99(90,86-69(55-60-35-23-18-24-36-60)76(89)94-54-34-17-15-13-11-8-2)95-57-78(9-3)70(96-80(64-41-29-21-30-42-64,65-43-31-22-32-44-65)66-47-51-68(92-6)52-48-66)56-71(97-78)87-58-82-72-73(83-77(81)84-74(72)87)85-79(61-37-25-19-26-38-61,62-39-27-20-28-40-62)63-45-49-67(91-5)50-46-63/h3,18-32,35-52,58-59,69-71H,7-8,10-17,33-34,53-57H2,1-2,4-6H3,(H,86,90)(H,83,84,85)/t59-,69-,70-,71+,78+,99?/m0/s1. The van der Waals surface area contributed by atoms with Crippen molar-refractivity contribution in [3.8, 4) is 23.8 Å². The first-order valence-corrected chi connectivity index (χ1v) is 36.0. The first kappa shape index (κ1) is 72.7. The zero-order chi connectivity index (χ0) is 69.5. The number of fused-ring (bicyclic) bond motifs is 1. The number of hydrogen-bond donors (Lipinski definition) is 2. The number of carbonyl (C=O) groups excluding carboxylic acids is 2. The molecule has 1 aliphatic rings. The van der Waals surface area contributed by atoms with E-state index in [1.54, 1.807) is 18.8 Å². The molecule has 7 aromatic carbocycles. The van der Waals surface area contributed by atoms with Crippen molar-refractivity contribution in [2.45, 2.75) is 152 Å². The fraction of sp³-hybridized carbons (Fsp3) is 0.362. The molecule has 3 heterocycles. The van der Waals surface area contributed by atoms with Gasteiger partial charge in [0, 0.05) is 6.42 Å². The summed E-state index contributed by atoms with van der Waals surface area (Å²) in [5.41, 5.74) is 0.522. The number of nitrogens with one attached hydrogen (secondary N) is 2. The van der Waals surface area contributed by atoms with Gasteiger partial charge in [0.1, 0.15) is 47.6 Å². The van der Waals surface area contributed by atoms with Crippen LogP contribution in [0.25, 0.3) is 11.2 Å². The summed E-state index contributed by atoms with van der Waals surface area (Å²) in [6, 6.07) is 61.7. The number of hydrogen-bond acceptors (Lipinski definition) is 15. The minimum Gasteiger partial charge on any atom is -0.497 e. The van der Waals surface area contributed by atoms with E-state index in [4.69, 9.17) is 48.9 Å². The minimum atomic E-state index is -5.00. The molecule has 0 aliphatic carbocycles. The first-order valence-electron chi connectivity index (χ1n) is 34.4. The van der Waals surface area contributed by atoms with Gasteiger partial charge in [-0.05, 0) is 89.4 Å². The summed E-state index contributed by atoms with van der Waals surface area (Å²) in [4.78, 5) is 42.4. The Hall–Kier alpha value is -9.05. The van der Waals surface area contributed by atoms with Crippen LogP contribution >= 0.6 is 7.75 Å². The molecule has 1 unspecified atom stereocenters. The summed E-state index contributed by atoms with van der Waals surface area (Å²) in [7, 11) is -1.81. The van der Waals surface area contributed by atoms with Crippen LogP contribution < -0.4 is 19.9 Å². The highest BCUT2D eigenvalue weighted by Crippen LogP contribution is 2.53. The lowest BCUT2D eigenvalue weighted by atomic mass is 9.77. The van der Waals surface area contributed by atoms with Crippen LogP contribution in [0.3, 0.4) is 0 Å². The van der Waals surface area contributed by atoms with Gasteiger partial charge in [0.2, 0.25) is 0 Å². The van der Waals surface area contributed by atoms with Crippen LogP contribution in [0.4, 0.5) is 10.2 Å². The second-order valence-corrected chi connectivity index (χ2v) is 26.6. The Labute approximate surface area is 581 Å². The van der Waals surface area contributed by atoms with Crippen molar-refractivity contribution in [2.75, 3.05) is 39.4 Å². The molecule has 19 heteroatoms. The molecule has 1 fully saturated rings. The Kier molecular flexibility index (Phi) is 25.8. The third-order valence-electron chi connectivity index (χ3n) is 18.1.